The predicted molar refractivity (Wildman–Crippen MR) is 70.0 cm³/mol. The average Bonchev–Trinajstić information content (AvgIpc) is 2.15. The van der Waals surface area contributed by atoms with Gasteiger partial charge in [0.2, 0.25) is 0 Å². The van der Waals surface area contributed by atoms with Gasteiger partial charge in [-0.25, -0.2) is 0 Å². The Morgan fingerprint density at radius 3 is 2.62 bits per heavy atom. The lowest BCUT2D eigenvalue weighted by Gasteiger charge is -2.37. The quantitative estimate of drug-likeness (QED) is 0.841. The molecule has 0 saturated heterocycles. The summed E-state index contributed by atoms with van der Waals surface area (Å²) >= 11 is 0. The first-order valence-electron chi connectivity index (χ1n) is 6.25. The van der Waals surface area contributed by atoms with Crippen LogP contribution < -0.4 is 10.6 Å². The van der Waals surface area contributed by atoms with Gasteiger partial charge in [0.25, 0.3) is 0 Å². The molecule has 0 atom stereocenters. The molecule has 1 fully saturated rings. The number of hydrogen-bond donors (Lipinski definition) is 1. The van der Waals surface area contributed by atoms with Gasteiger partial charge in [-0.1, -0.05) is 12.1 Å². The summed E-state index contributed by atoms with van der Waals surface area (Å²) < 4.78 is 0. The maximum atomic E-state index is 5.58. The molecule has 2 N–H and O–H groups in total. The van der Waals surface area contributed by atoms with Gasteiger partial charge in [0.05, 0.1) is 0 Å². The molecule has 88 valence electrons. The van der Waals surface area contributed by atoms with Crippen molar-refractivity contribution in [2.45, 2.75) is 38.6 Å². The summed E-state index contributed by atoms with van der Waals surface area (Å²) in [5, 5.41) is 0. The van der Waals surface area contributed by atoms with Crippen LogP contribution in [0.2, 0.25) is 0 Å². The normalized spacial score (nSPS) is 15.9. The minimum Gasteiger partial charge on any atom is -0.371 e. The lowest BCUT2D eigenvalue weighted by atomic mass is 9.91. The largest absolute Gasteiger partial charge is 0.371 e. The highest BCUT2D eigenvalue weighted by Crippen LogP contribution is 2.30. The van der Waals surface area contributed by atoms with Crippen LogP contribution in [0.1, 0.15) is 30.4 Å². The molecule has 0 heterocycles. The number of anilines is 1. The summed E-state index contributed by atoms with van der Waals surface area (Å²) in [7, 11) is 2.22. The number of benzene rings is 1. The van der Waals surface area contributed by atoms with Crippen molar-refractivity contribution in [3.63, 3.8) is 0 Å². The van der Waals surface area contributed by atoms with Crippen molar-refractivity contribution >= 4 is 5.69 Å². The van der Waals surface area contributed by atoms with E-state index in [9.17, 15) is 0 Å². The van der Waals surface area contributed by atoms with E-state index in [-0.39, 0.29) is 0 Å². The second-order valence-corrected chi connectivity index (χ2v) is 4.86. The lowest BCUT2D eigenvalue weighted by Crippen LogP contribution is -2.37. The number of hydrogen-bond acceptors (Lipinski definition) is 2. The van der Waals surface area contributed by atoms with Crippen LogP contribution in [0.5, 0.6) is 0 Å². The third kappa shape index (κ3) is 2.22. The summed E-state index contributed by atoms with van der Waals surface area (Å²) in [4.78, 5) is 2.44. The van der Waals surface area contributed by atoms with Crippen molar-refractivity contribution in [1.29, 1.82) is 0 Å². The van der Waals surface area contributed by atoms with Crippen molar-refractivity contribution in [3.8, 4) is 0 Å². The second kappa shape index (κ2) is 4.88. The molecule has 2 rings (SSSR count). The van der Waals surface area contributed by atoms with Crippen molar-refractivity contribution in [2.24, 2.45) is 5.73 Å². The van der Waals surface area contributed by atoms with E-state index in [1.165, 1.54) is 36.1 Å². The third-order valence-electron chi connectivity index (χ3n) is 3.70. The van der Waals surface area contributed by atoms with Crippen LogP contribution in [0.15, 0.2) is 18.2 Å². The van der Waals surface area contributed by atoms with Gasteiger partial charge in [0, 0.05) is 18.8 Å². The van der Waals surface area contributed by atoms with Crippen molar-refractivity contribution in [2.75, 3.05) is 18.5 Å². The molecule has 1 aromatic carbocycles. The standard InChI is InChI=1S/C14H22N2/c1-11-10-12(8-9-15)6-7-14(11)16(2)13-4-3-5-13/h6-7,10,13H,3-5,8-9,15H2,1-2H3. The molecular weight excluding hydrogens is 196 g/mol. The van der Waals surface area contributed by atoms with Crippen LogP contribution in [0, 0.1) is 6.92 Å². The Balaban J connectivity index is 2.14. The first kappa shape index (κ1) is 11.5. The maximum absolute atomic E-state index is 5.58. The summed E-state index contributed by atoms with van der Waals surface area (Å²) in [6.07, 6.45) is 5.06. The van der Waals surface area contributed by atoms with Crippen LogP contribution in [-0.4, -0.2) is 19.6 Å². The van der Waals surface area contributed by atoms with E-state index in [0.717, 1.165) is 19.0 Å². The third-order valence-corrected chi connectivity index (χ3v) is 3.70. The summed E-state index contributed by atoms with van der Waals surface area (Å²) in [5.74, 6) is 0. The van der Waals surface area contributed by atoms with Gasteiger partial charge >= 0.3 is 0 Å². The Bertz CT molecular complexity index is 356. The van der Waals surface area contributed by atoms with Gasteiger partial charge in [0.1, 0.15) is 0 Å². The monoisotopic (exact) mass is 218 g/mol. The molecule has 2 heteroatoms. The summed E-state index contributed by atoms with van der Waals surface area (Å²) in [6.45, 7) is 2.93. The SMILES string of the molecule is Cc1cc(CCN)ccc1N(C)C1CCC1. The molecule has 2 nitrogen and oxygen atoms in total. The Morgan fingerprint density at radius 1 is 1.38 bits per heavy atom. The maximum Gasteiger partial charge on any atom is 0.0396 e. The first-order chi connectivity index (χ1) is 7.72. The lowest BCUT2D eigenvalue weighted by molar-refractivity contribution is 0.401. The highest BCUT2D eigenvalue weighted by atomic mass is 15.1. The molecule has 0 bridgehead atoms. The second-order valence-electron chi connectivity index (χ2n) is 4.86. The van der Waals surface area contributed by atoms with Gasteiger partial charge in [0.15, 0.2) is 0 Å². The number of nitrogens with zero attached hydrogens (tertiary/aromatic N) is 1. The van der Waals surface area contributed by atoms with Crippen molar-refractivity contribution < 1.29 is 0 Å². The van der Waals surface area contributed by atoms with Crippen LogP contribution >= 0.6 is 0 Å². The molecule has 1 aliphatic carbocycles. The Hall–Kier alpha value is -1.02. The Kier molecular flexibility index (Phi) is 3.49. The molecule has 0 radical (unpaired) electrons. The summed E-state index contributed by atoms with van der Waals surface area (Å²) in [5.41, 5.74) is 9.68. The topological polar surface area (TPSA) is 29.3 Å². The van der Waals surface area contributed by atoms with E-state index < -0.39 is 0 Å². The zero-order chi connectivity index (χ0) is 11.5. The van der Waals surface area contributed by atoms with Crippen molar-refractivity contribution in [1.82, 2.24) is 0 Å². The first-order valence-corrected chi connectivity index (χ1v) is 6.25. The van der Waals surface area contributed by atoms with Gasteiger partial charge in [-0.3, -0.25) is 0 Å². The fourth-order valence-corrected chi connectivity index (χ4v) is 2.41. The van der Waals surface area contributed by atoms with E-state index in [1.54, 1.807) is 0 Å². The zero-order valence-electron chi connectivity index (χ0n) is 10.4. The number of aryl methyl sites for hydroxylation is 1. The number of rotatable bonds is 4. The minimum absolute atomic E-state index is 0.733. The highest BCUT2D eigenvalue weighted by molar-refractivity contribution is 5.55. The predicted octanol–water partition coefficient (Wildman–Crippen LogP) is 2.48. The summed E-state index contributed by atoms with van der Waals surface area (Å²) in [6, 6.07) is 7.50. The average molecular weight is 218 g/mol. The van der Waals surface area contributed by atoms with E-state index in [2.05, 4.69) is 37.1 Å². The molecular formula is C14H22N2. The van der Waals surface area contributed by atoms with Crippen LogP contribution in [-0.2, 0) is 6.42 Å². The minimum atomic E-state index is 0.733. The van der Waals surface area contributed by atoms with Gasteiger partial charge in [-0.2, -0.15) is 0 Å². The molecule has 0 spiro atoms. The molecule has 1 aromatic rings. The molecule has 1 saturated carbocycles. The molecule has 16 heavy (non-hydrogen) atoms. The Labute approximate surface area is 98.4 Å². The molecule has 1 aliphatic rings. The molecule has 0 aromatic heterocycles. The van der Waals surface area contributed by atoms with Crippen LogP contribution in [0.3, 0.4) is 0 Å². The molecule has 0 amide bonds. The van der Waals surface area contributed by atoms with Gasteiger partial charge in [-0.05, 0) is 56.3 Å². The molecule has 0 aliphatic heterocycles. The smallest absolute Gasteiger partial charge is 0.0396 e. The van der Waals surface area contributed by atoms with E-state index in [1.807, 2.05) is 0 Å². The van der Waals surface area contributed by atoms with E-state index >= 15 is 0 Å². The fraction of sp³-hybridized carbons (Fsp3) is 0.571. The van der Waals surface area contributed by atoms with Crippen LogP contribution in [0.25, 0.3) is 0 Å². The van der Waals surface area contributed by atoms with Crippen molar-refractivity contribution in [3.05, 3.63) is 29.3 Å². The van der Waals surface area contributed by atoms with Crippen LogP contribution in [0.4, 0.5) is 5.69 Å². The highest BCUT2D eigenvalue weighted by Gasteiger charge is 2.22. The number of nitrogens with two attached hydrogens (primary N) is 1. The molecule has 0 unspecified atom stereocenters. The van der Waals surface area contributed by atoms with Gasteiger partial charge < -0.3 is 10.6 Å². The Morgan fingerprint density at radius 2 is 2.12 bits per heavy atom. The van der Waals surface area contributed by atoms with E-state index in [4.69, 9.17) is 5.73 Å². The van der Waals surface area contributed by atoms with E-state index in [0.29, 0.717) is 0 Å². The zero-order valence-corrected chi connectivity index (χ0v) is 10.4. The van der Waals surface area contributed by atoms with Gasteiger partial charge in [-0.15, -0.1) is 0 Å². The fourth-order valence-electron chi connectivity index (χ4n) is 2.41.